The molecule has 8 heterocycles. The lowest BCUT2D eigenvalue weighted by molar-refractivity contribution is -0.138. The summed E-state index contributed by atoms with van der Waals surface area (Å²) in [5.74, 6) is -3.85. The number of carbonyl (C=O) groups excluding carboxylic acids is 10. The van der Waals surface area contributed by atoms with E-state index in [0.717, 1.165) is 53.2 Å². The predicted molar refractivity (Wildman–Crippen MR) is 449 cm³/mol. The van der Waals surface area contributed by atoms with Crippen molar-refractivity contribution in [2.45, 2.75) is 112 Å². The third kappa shape index (κ3) is 19.5. The van der Waals surface area contributed by atoms with Gasteiger partial charge in [0.05, 0.1) is 97.8 Å². The fourth-order valence-corrected chi connectivity index (χ4v) is 16.1. The molecule has 2 saturated carbocycles. The molecule has 3 aliphatic carbocycles. The number of esters is 5. The Morgan fingerprint density at radius 1 is 0.538 bits per heavy atom. The van der Waals surface area contributed by atoms with E-state index in [-0.39, 0.29) is 74.3 Å². The zero-order chi connectivity index (χ0) is 86.2. The van der Waals surface area contributed by atoms with Crippen LogP contribution in [-0.2, 0) is 71.6 Å². The van der Waals surface area contributed by atoms with Crippen molar-refractivity contribution in [2.75, 3.05) is 59.5 Å². The number of anilines is 2. The quantitative estimate of drug-likeness (QED) is 0.0407. The Balaban J connectivity index is 0.000000157. The van der Waals surface area contributed by atoms with Crippen LogP contribution in [0, 0.1) is 30.4 Å². The summed E-state index contributed by atoms with van der Waals surface area (Å²) in [6, 6.07) is 32.1. The number of nitrogens with zero attached hydrogens (tertiary/aromatic N) is 5. The molecule has 3 amide bonds. The molecule has 4 aliphatic heterocycles. The lowest BCUT2D eigenvalue weighted by Crippen LogP contribution is -2.28. The number of benzene rings is 3. The molecule has 0 bridgehead atoms. The Morgan fingerprint density at radius 2 is 1.07 bits per heavy atom. The average Bonchev–Trinajstić information content (AvgIpc) is 1.66. The summed E-state index contributed by atoms with van der Waals surface area (Å²) in [6.45, 7) is 12.9. The summed E-state index contributed by atoms with van der Waals surface area (Å²) in [4.78, 5) is 132. The maximum atomic E-state index is 14.3. The van der Waals surface area contributed by atoms with Gasteiger partial charge in [0.15, 0.2) is 5.78 Å². The highest BCUT2D eigenvalue weighted by Gasteiger charge is 2.43. The Bertz CT molecular complexity index is 5450. The summed E-state index contributed by atoms with van der Waals surface area (Å²) in [6.07, 6.45) is 21.7. The van der Waals surface area contributed by atoms with Gasteiger partial charge in [-0.2, -0.15) is 0 Å². The van der Waals surface area contributed by atoms with Gasteiger partial charge in [0, 0.05) is 69.5 Å². The second-order valence-corrected chi connectivity index (χ2v) is 30.4. The van der Waals surface area contributed by atoms with Crippen molar-refractivity contribution >= 4 is 117 Å². The van der Waals surface area contributed by atoms with Crippen LogP contribution in [0.15, 0.2) is 239 Å². The van der Waals surface area contributed by atoms with Crippen molar-refractivity contribution in [1.29, 1.82) is 0 Å². The minimum absolute atomic E-state index is 0.0862. The number of para-hydroxylation sites is 2. The molecule has 4 aromatic heterocycles. The molecule has 620 valence electrons. The Kier molecular flexibility index (Phi) is 29.8. The number of furan rings is 1. The second-order valence-electron chi connectivity index (χ2n) is 28.4. The highest BCUT2D eigenvalue weighted by Crippen LogP contribution is 2.43. The molecule has 23 nitrogen and oxygen atoms in total. The first-order valence-corrected chi connectivity index (χ1v) is 40.0. The van der Waals surface area contributed by atoms with Gasteiger partial charge in [-0.1, -0.05) is 86.9 Å². The number of halogens is 2. The van der Waals surface area contributed by atoms with Crippen LogP contribution < -0.4 is 9.80 Å². The van der Waals surface area contributed by atoms with E-state index in [1.165, 1.54) is 153 Å². The van der Waals surface area contributed by atoms with E-state index in [2.05, 4.69) is 19.9 Å². The summed E-state index contributed by atoms with van der Waals surface area (Å²) in [5.41, 5.74) is 9.55. The molecule has 14 rings (SSSR count). The monoisotopic (exact) mass is 1660 g/mol. The van der Waals surface area contributed by atoms with Crippen LogP contribution in [0.4, 0.5) is 20.2 Å². The van der Waals surface area contributed by atoms with E-state index in [0.29, 0.717) is 92.6 Å². The van der Waals surface area contributed by atoms with E-state index < -0.39 is 47.6 Å². The number of thiophene rings is 2. The van der Waals surface area contributed by atoms with Gasteiger partial charge < -0.3 is 47.7 Å². The number of carbonyl (C=O) groups is 10. The average molecular weight is 1660 g/mol. The van der Waals surface area contributed by atoms with Crippen molar-refractivity contribution in [3.63, 3.8) is 0 Å². The first-order valence-electron chi connectivity index (χ1n) is 38.3. The van der Waals surface area contributed by atoms with Crippen molar-refractivity contribution in [2.24, 2.45) is 11.8 Å². The van der Waals surface area contributed by atoms with Gasteiger partial charge in [-0.05, 0) is 211 Å². The summed E-state index contributed by atoms with van der Waals surface area (Å²) in [5, 5.41) is 14.7. The van der Waals surface area contributed by atoms with E-state index in [9.17, 15) is 61.8 Å². The van der Waals surface area contributed by atoms with Gasteiger partial charge in [0.2, 0.25) is 11.7 Å². The van der Waals surface area contributed by atoms with E-state index in [1.807, 2.05) is 82.4 Å². The molecule has 1 atom stereocenters. The molecule has 7 aromatic rings. The normalized spacial score (nSPS) is 18.5. The number of hydrogen-bond acceptors (Lipinski definition) is 21. The molecule has 0 saturated heterocycles. The number of amides is 3. The lowest BCUT2D eigenvalue weighted by Gasteiger charge is -2.25. The van der Waals surface area contributed by atoms with Gasteiger partial charge in [0.1, 0.15) is 29.1 Å². The smallest absolute Gasteiger partial charge is 0.343 e. The van der Waals surface area contributed by atoms with Crippen molar-refractivity contribution in [1.82, 2.24) is 14.4 Å². The molecule has 0 radical (unpaired) electrons. The van der Waals surface area contributed by atoms with Crippen LogP contribution in [0.2, 0.25) is 0 Å². The summed E-state index contributed by atoms with van der Waals surface area (Å²) < 4.78 is 63.4. The number of aromatic hydroxyl groups is 1. The molecule has 27 heteroatoms. The number of aromatic nitrogens is 1. The Labute approximate surface area is 696 Å². The minimum atomic E-state index is -0.679. The van der Waals surface area contributed by atoms with Crippen LogP contribution in [-0.4, -0.2) is 134 Å². The van der Waals surface area contributed by atoms with E-state index in [4.69, 9.17) is 32.8 Å². The van der Waals surface area contributed by atoms with Crippen LogP contribution in [0.25, 0.3) is 30.0 Å². The summed E-state index contributed by atoms with van der Waals surface area (Å²) >= 11 is 2.98. The number of Topliss-reactive ketones (excluding diaryl/α,β-unsaturated/α-hetero) is 2. The zero-order valence-corrected chi connectivity index (χ0v) is 70.2. The number of methoxy groups -OCH3 is 6. The molecule has 2 fully saturated rings. The van der Waals surface area contributed by atoms with Crippen molar-refractivity contribution in [3.8, 4) is 11.6 Å². The molecular weight excluding hydrogens is 1570 g/mol. The first-order chi connectivity index (χ1) is 57.0. The molecule has 3 aromatic carbocycles. The van der Waals surface area contributed by atoms with Gasteiger partial charge in [0.25, 0.3) is 17.7 Å². The molecule has 0 spiro atoms. The molecule has 7 aliphatic rings. The highest BCUT2D eigenvalue weighted by atomic mass is 32.1. The number of allylic oxidation sites excluding steroid dienone is 10. The molecule has 1 N–H and O–H groups in total. The third-order valence-corrected chi connectivity index (χ3v) is 22.7. The first kappa shape index (κ1) is 88.6. The third-order valence-electron chi connectivity index (χ3n) is 21.0. The maximum Gasteiger partial charge on any atom is 0.343 e. The Hall–Kier alpha value is -12.7. The summed E-state index contributed by atoms with van der Waals surface area (Å²) in [7, 11) is 9.56. The van der Waals surface area contributed by atoms with Crippen LogP contribution >= 0.6 is 22.7 Å². The fourth-order valence-electron chi connectivity index (χ4n) is 14.8. The number of hydrogen-bond donors (Lipinski definition) is 1. The second kappa shape index (κ2) is 40.0. The molecule has 119 heavy (non-hydrogen) atoms. The number of ketones is 2. The van der Waals surface area contributed by atoms with Crippen LogP contribution in [0.5, 0.6) is 5.88 Å². The van der Waals surface area contributed by atoms with Crippen molar-refractivity contribution < 1.29 is 94.7 Å². The number of likely N-dealkylation sites (N-methyl/N-ethyl adjacent to an activating group) is 1. The van der Waals surface area contributed by atoms with Gasteiger partial charge >= 0.3 is 29.8 Å². The fraction of sp³-hybridized carbons (Fsp3) is 0.283. The van der Waals surface area contributed by atoms with E-state index in [1.54, 1.807) is 83.0 Å². The van der Waals surface area contributed by atoms with Gasteiger partial charge in [-0.25, -0.2) is 32.8 Å². The standard InChI is InChI=1S/C21H22FNO5.C21H23NO4.C19H21NO3.C18H14FNO3S.C13H13NO3S/c1-12-18(21(26)28-3)14(11-13-7-6-10-17(27-2)19(13)24)20(25)23(12)16-9-5-4-8-15(16)22;1-13(2)15-7-9-16(10-8-15)22-14(3)19(21(24)25-4)18(20(22)23)12-17-6-5-11-26-17;1-13-17(19(22)23-2)18(21)16(12-14-8-6-7-9-14)20(13)15-10-4-3-5-11-15;1-11-16(18(22)23-2)15(10-14-4-3-9-24-14)17(21)20(11)13-7-5-12(19)6-8-13;1-8-11(13(16)17-3)10(12(15)14(8)2)7-9-5-4-6-18-9/h4-5,8-9,11,17,25H,6-7,10H2,1-3H3;5-7,9,11-13H,8,10H2,1-4H3;3-5,10-12,14H,6-9H2,1-2H3;3-10H,1-2H3;4-7H,1-3H3/b;18-12-;16-12+;15-10-;10-7-. The SMILES string of the molecule is COC(=O)C1=C(C)N(C)C(=O)/C1=C\c1cccs1.COC(=O)C1=C(C)N(C2=CC=C(C(C)C)CC2)C(=O)/C1=C\c1ccco1.COC(=O)C1=C(C)N(c2ccc(F)cc2)C(=O)/C1=C\c1cccs1.COC(=O)C1=C(C)N(c2ccccc2)/C(=C/C2CCCC2)C1=O.COC(=O)c1c(C=C2CCCC(OC)C2=O)c(O)n(-c2ccccc2F)c1C. The zero-order valence-electron chi connectivity index (χ0n) is 68.5. The topological polar surface area (TPSA) is 277 Å². The van der Waals surface area contributed by atoms with Crippen LogP contribution in [0.3, 0.4) is 0 Å². The molecular formula is C92H93F2N5O18S2. The number of rotatable bonds is 16. The predicted octanol–water partition coefficient (Wildman–Crippen LogP) is 17.2. The van der Waals surface area contributed by atoms with Gasteiger partial charge in [-0.3, -0.25) is 38.3 Å². The van der Waals surface area contributed by atoms with Crippen LogP contribution in [0.1, 0.15) is 136 Å². The number of ether oxygens (including phenoxy) is 6. The maximum absolute atomic E-state index is 14.3. The largest absolute Gasteiger partial charge is 0.494 e. The highest BCUT2D eigenvalue weighted by molar-refractivity contribution is 7.11. The van der Waals surface area contributed by atoms with Crippen molar-refractivity contribution in [3.05, 3.63) is 279 Å². The van der Waals surface area contributed by atoms with Gasteiger partial charge in [-0.15, -0.1) is 22.7 Å². The lowest BCUT2D eigenvalue weighted by atomic mass is 9.89. The van der Waals surface area contributed by atoms with E-state index >= 15 is 0 Å². The minimum Gasteiger partial charge on any atom is -0.494 e. The Morgan fingerprint density at radius 3 is 1.60 bits per heavy atom. The molecule has 1 unspecified atom stereocenters.